The van der Waals surface area contributed by atoms with Gasteiger partial charge >= 0.3 is 0 Å². The van der Waals surface area contributed by atoms with Gasteiger partial charge < -0.3 is 0 Å². The monoisotopic (exact) mass is 222 g/mol. The van der Waals surface area contributed by atoms with E-state index in [4.69, 9.17) is 0 Å². The van der Waals surface area contributed by atoms with Crippen molar-refractivity contribution >= 4 is 0 Å². The molecule has 0 unspecified atom stereocenters. The molecule has 16 heavy (non-hydrogen) atoms. The second-order valence-electron chi connectivity index (χ2n) is 4.68. The number of hydrogen-bond donors (Lipinski definition) is 0. The normalized spacial score (nSPS) is 9.88. The Kier molecular flexibility index (Phi) is 14.2. The fourth-order valence-corrected chi connectivity index (χ4v) is 1.83. The summed E-state index contributed by atoms with van der Waals surface area (Å²) in [5.41, 5.74) is 0. The fourth-order valence-electron chi connectivity index (χ4n) is 1.83. The minimum atomic E-state index is 1.08. The van der Waals surface area contributed by atoms with Gasteiger partial charge in [-0.2, -0.15) is 0 Å². The molecule has 0 spiro atoms. The van der Waals surface area contributed by atoms with Gasteiger partial charge in [-0.05, 0) is 12.8 Å². The molecule has 94 valence electrons. The average Bonchev–Trinajstić information content (AvgIpc) is 2.31. The second kappa shape index (κ2) is 14.6. The van der Waals surface area contributed by atoms with Crippen LogP contribution in [0.2, 0.25) is 0 Å². The van der Waals surface area contributed by atoms with Crippen LogP contribution in [0.4, 0.5) is 0 Å². The lowest BCUT2D eigenvalue weighted by molar-refractivity contribution is 0.567. The van der Waals surface area contributed by atoms with E-state index in [1.807, 2.05) is 0 Å². The molecule has 0 rings (SSSR count). The van der Waals surface area contributed by atoms with Gasteiger partial charge in [0.15, 0.2) is 0 Å². The summed E-state index contributed by atoms with van der Waals surface area (Å²) in [5, 5.41) is 0. The quantitative estimate of drug-likeness (QED) is 0.328. The summed E-state index contributed by atoms with van der Waals surface area (Å²) in [5.74, 6) is 6.47. The molecule has 0 heteroatoms. The molecule has 0 radical (unpaired) electrons. The van der Waals surface area contributed by atoms with E-state index < -0.39 is 0 Å². The predicted molar refractivity (Wildman–Crippen MR) is 74.5 cm³/mol. The summed E-state index contributed by atoms with van der Waals surface area (Å²) < 4.78 is 0. The maximum atomic E-state index is 3.26. The second-order valence-corrected chi connectivity index (χ2v) is 4.68. The largest absolute Gasteiger partial charge is 0.103 e. The van der Waals surface area contributed by atoms with Crippen molar-refractivity contribution < 1.29 is 0 Å². The molecule has 0 atom stereocenters. The summed E-state index contributed by atoms with van der Waals surface area (Å²) >= 11 is 0. The maximum absolute atomic E-state index is 3.26. The van der Waals surface area contributed by atoms with Crippen molar-refractivity contribution in [2.75, 3.05) is 0 Å². The Bertz CT molecular complexity index is 170. The van der Waals surface area contributed by atoms with Gasteiger partial charge in [0, 0.05) is 12.8 Å². The van der Waals surface area contributed by atoms with Crippen molar-refractivity contribution in [3.05, 3.63) is 0 Å². The summed E-state index contributed by atoms with van der Waals surface area (Å²) in [6, 6.07) is 0. The molecule has 0 amide bonds. The van der Waals surface area contributed by atoms with Gasteiger partial charge in [0.1, 0.15) is 0 Å². The van der Waals surface area contributed by atoms with Gasteiger partial charge in [-0.3, -0.25) is 0 Å². The molecule has 0 aliphatic carbocycles. The van der Waals surface area contributed by atoms with Gasteiger partial charge in [-0.15, -0.1) is 11.8 Å². The number of rotatable bonds is 10. The highest BCUT2D eigenvalue weighted by Crippen LogP contribution is 2.10. The Morgan fingerprint density at radius 2 is 1.00 bits per heavy atom. The summed E-state index contributed by atoms with van der Waals surface area (Å²) in [6.45, 7) is 4.47. The fraction of sp³-hybridized carbons (Fsp3) is 0.875. The van der Waals surface area contributed by atoms with Crippen molar-refractivity contribution in [3.8, 4) is 11.8 Å². The van der Waals surface area contributed by atoms with Crippen molar-refractivity contribution in [2.45, 2.75) is 90.9 Å². The van der Waals surface area contributed by atoms with Crippen LogP contribution in [0.5, 0.6) is 0 Å². The van der Waals surface area contributed by atoms with E-state index in [9.17, 15) is 0 Å². The molecule has 0 aliphatic rings. The molecule has 0 bridgehead atoms. The molecular weight excluding hydrogens is 192 g/mol. The summed E-state index contributed by atoms with van der Waals surface area (Å²) in [4.78, 5) is 0. The maximum Gasteiger partial charge on any atom is 0.00886 e. The molecule has 0 aromatic rings. The van der Waals surface area contributed by atoms with Gasteiger partial charge in [0.25, 0.3) is 0 Å². The Morgan fingerprint density at radius 1 is 0.500 bits per heavy atom. The van der Waals surface area contributed by atoms with Crippen molar-refractivity contribution in [1.82, 2.24) is 0 Å². The smallest absolute Gasteiger partial charge is 0.00886 e. The van der Waals surface area contributed by atoms with E-state index in [1.54, 1.807) is 0 Å². The predicted octanol–water partition coefficient (Wildman–Crippen LogP) is 5.71. The topological polar surface area (TPSA) is 0 Å². The standard InChI is InChI=1S/C16H30/c1-3-5-7-9-11-13-15-16-14-12-10-8-6-4-2/h3-7,9,11-16H2,1-2H3. The highest BCUT2D eigenvalue weighted by molar-refractivity contribution is 4.98. The third-order valence-corrected chi connectivity index (χ3v) is 2.91. The van der Waals surface area contributed by atoms with Gasteiger partial charge in [-0.1, -0.05) is 65.2 Å². The van der Waals surface area contributed by atoms with Crippen LogP contribution in [0, 0.1) is 11.8 Å². The van der Waals surface area contributed by atoms with Crippen LogP contribution in [0.25, 0.3) is 0 Å². The molecule has 0 saturated heterocycles. The van der Waals surface area contributed by atoms with E-state index in [0.29, 0.717) is 0 Å². The van der Waals surface area contributed by atoms with Crippen LogP contribution in [0.15, 0.2) is 0 Å². The highest BCUT2D eigenvalue weighted by Gasteiger charge is 1.90. The van der Waals surface area contributed by atoms with Gasteiger partial charge in [-0.25, -0.2) is 0 Å². The summed E-state index contributed by atoms with van der Waals surface area (Å²) in [7, 11) is 0. The van der Waals surface area contributed by atoms with Crippen LogP contribution < -0.4 is 0 Å². The molecular formula is C16H30. The molecule has 0 fully saturated rings. The molecule has 0 aromatic carbocycles. The minimum Gasteiger partial charge on any atom is -0.103 e. The third-order valence-electron chi connectivity index (χ3n) is 2.91. The first-order valence-electron chi connectivity index (χ1n) is 7.37. The van der Waals surface area contributed by atoms with Crippen LogP contribution in [0.3, 0.4) is 0 Å². The van der Waals surface area contributed by atoms with Crippen molar-refractivity contribution in [2.24, 2.45) is 0 Å². The van der Waals surface area contributed by atoms with Gasteiger partial charge in [0.05, 0.1) is 0 Å². The number of unbranched alkanes of at least 4 members (excludes halogenated alkanes) is 10. The zero-order valence-corrected chi connectivity index (χ0v) is 11.5. The Labute approximate surface area is 103 Å². The van der Waals surface area contributed by atoms with Crippen LogP contribution in [0.1, 0.15) is 90.9 Å². The zero-order valence-electron chi connectivity index (χ0n) is 11.5. The Morgan fingerprint density at radius 3 is 1.56 bits per heavy atom. The molecule has 0 saturated carbocycles. The van der Waals surface area contributed by atoms with E-state index in [-0.39, 0.29) is 0 Å². The lowest BCUT2D eigenvalue weighted by Crippen LogP contribution is -1.80. The van der Waals surface area contributed by atoms with Crippen molar-refractivity contribution in [3.63, 3.8) is 0 Å². The zero-order chi connectivity index (χ0) is 11.9. The van der Waals surface area contributed by atoms with Gasteiger partial charge in [0.2, 0.25) is 0 Å². The highest BCUT2D eigenvalue weighted by atomic mass is 14.0. The Balaban J connectivity index is 2.96. The van der Waals surface area contributed by atoms with Crippen LogP contribution in [-0.4, -0.2) is 0 Å². The lowest BCUT2D eigenvalue weighted by atomic mass is 10.1. The van der Waals surface area contributed by atoms with Crippen molar-refractivity contribution in [1.29, 1.82) is 0 Å². The molecule has 0 aromatic heterocycles. The first kappa shape index (κ1) is 15.6. The average molecular weight is 222 g/mol. The molecule has 0 heterocycles. The Hall–Kier alpha value is -0.440. The lowest BCUT2D eigenvalue weighted by Gasteiger charge is -2.00. The van der Waals surface area contributed by atoms with E-state index in [1.165, 1.54) is 64.2 Å². The first-order valence-corrected chi connectivity index (χ1v) is 7.37. The molecule has 0 N–H and O–H groups in total. The van der Waals surface area contributed by atoms with E-state index in [2.05, 4.69) is 25.7 Å². The van der Waals surface area contributed by atoms with Crippen LogP contribution >= 0.6 is 0 Å². The molecule has 0 nitrogen and oxygen atoms in total. The third kappa shape index (κ3) is 13.6. The number of hydrogen-bond acceptors (Lipinski definition) is 0. The SMILES string of the molecule is CCCC#CCCCCCCCCCCC. The van der Waals surface area contributed by atoms with Crippen LogP contribution in [-0.2, 0) is 0 Å². The first-order chi connectivity index (χ1) is 7.91. The summed E-state index contributed by atoms with van der Waals surface area (Å²) in [6.07, 6.45) is 16.1. The van der Waals surface area contributed by atoms with E-state index >= 15 is 0 Å². The van der Waals surface area contributed by atoms with E-state index in [0.717, 1.165) is 12.8 Å². The minimum absolute atomic E-state index is 1.08. The molecule has 0 aliphatic heterocycles.